The van der Waals surface area contributed by atoms with Crippen LogP contribution in [0.1, 0.15) is 19.4 Å². The van der Waals surface area contributed by atoms with Crippen molar-refractivity contribution in [3.63, 3.8) is 0 Å². The number of carbonyl (C=O) groups is 1. The molecule has 0 saturated heterocycles. The minimum atomic E-state index is -0.721. The molecule has 0 radical (unpaired) electrons. The van der Waals surface area contributed by atoms with Crippen LogP contribution in [0.5, 0.6) is 11.5 Å². The van der Waals surface area contributed by atoms with Crippen LogP contribution in [0.3, 0.4) is 0 Å². The lowest BCUT2D eigenvalue weighted by Gasteiger charge is -2.29. The molecular weight excluding hydrogens is 256 g/mol. The number of ether oxygens (including phenoxy) is 2. The maximum absolute atomic E-state index is 12.4. The van der Waals surface area contributed by atoms with Crippen LogP contribution < -0.4 is 9.47 Å². The van der Waals surface area contributed by atoms with E-state index in [0.717, 1.165) is 5.56 Å². The first-order chi connectivity index (χ1) is 9.46. The molecule has 5 heteroatoms. The molecule has 0 saturated carbocycles. The van der Waals surface area contributed by atoms with Crippen molar-refractivity contribution in [2.75, 3.05) is 26.8 Å². The summed E-state index contributed by atoms with van der Waals surface area (Å²) in [5, 5.41) is 8.70. The van der Waals surface area contributed by atoms with E-state index in [1.807, 2.05) is 38.1 Å². The summed E-state index contributed by atoms with van der Waals surface area (Å²) in [6.45, 7) is 4.81. The van der Waals surface area contributed by atoms with Crippen LogP contribution in [0.25, 0.3) is 0 Å². The average molecular weight is 274 g/mol. The lowest BCUT2D eigenvalue weighted by atomic mass is 9.83. The molecule has 0 atom stereocenters. The second-order valence-corrected chi connectivity index (χ2v) is 5.30. The summed E-state index contributed by atoms with van der Waals surface area (Å²) >= 11 is 0. The summed E-state index contributed by atoms with van der Waals surface area (Å²) < 4.78 is 11.0. The highest BCUT2D eigenvalue weighted by Gasteiger charge is 2.33. The lowest BCUT2D eigenvalue weighted by molar-refractivity contribution is -0.134. The van der Waals surface area contributed by atoms with Crippen molar-refractivity contribution in [2.45, 2.75) is 19.3 Å². The van der Waals surface area contributed by atoms with E-state index in [9.17, 15) is 4.79 Å². The fraction of sp³-hybridized carbons (Fsp3) is 0.467. The molecule has 1 aromatic carbocycles. The summed E-state index contributed by atoms with van der Waals surface area (Å²) in [4.78, 5) is 13.9. The molecule has 0 fully saturated rings. The molecule has 1 heterocycles. The summed E-state index contributed by atoms with van der Waals surface area (Å²) in [6.07, 6.45) is 0. The highest BCUT2D eigenvalue weighted by molar-refractivity contribution is 5.87. The van der Waals surface area contributed by atoms with Crippen molar-refractivity contribution >= 4 is 5.91 Å². The molecule has 20 heavy (non-hydrogen) atoms. The Morgan fingerprint density at radius 1 is 1.35 bits per heavy atom. The molecule has 2 rings (SSSR count). The van der Waals surface area contributed by atoms with E-state index in [4.69, 9.17) is 14.7 Å². The molecule has 0 aliphatic carbocycles. The van der Waals surface area contributed by atoms with Crippen LogP contribution in [-0.2, 0) is 10.2 Å². The molecule has 1 aliphatic rings. The maximum atomic E-state index is 12.4. The Labute approximate surface area is 118 Å². The maximum Gasteiger partial charge on any atom is 0.233 e. The molecule has 1 aromatic rings. The van der Waals surface area contributed by atoms with Gasteiger partial charge in [-0.1, -0.05) is 6.07 Å². The average Bonchev–Trinajstić information content (AvgIpc) is 2.46. The van der Waals surface area contributed by atoms with Crippen LogP contribution in [0.15, 0.2) is 18.2 Å². The fourth-order valence-electron chi connectivity index (χ4n) is 2.21. The molecule has 1 amide bonds. The normalized spacial score (nSPS) is 13.5. The van der Waals surface area contributed by atoms with E-state index in [-0.39, 0.29) is 12.5 Å². The predicted molar refractivity (Wildman–Crippen MR) is 73.7 cm³/mol. The third-order valence-corrected chi connectivity index (χ3v) is 3.45. The summed E-state index contributed by atoms with van der Waals surface area (Å²) in [6, 6.07) is 7.51. The quantitative estimate of drug-likeness (QED) is 0.787. The number of nitrogens with zero attached hydrogens (tertiary/aromatic N) is 2. The standard InChI is InChI=1S/C15H18N2O3/c1-15(2,14(18)17(3)7-6-16)11-4-5-12-13(10-11)20-9-8-19-12/h4-5,10H,7-9H2,1-3H3. The van der Waals surface area contributed by atoms with E-state index in [1.54, 1.807) is 7.05 Å². The Bertz CT molecular complexity index is 561. The van der Waals surface area contributed by atoms with Crippen LogP contribution in [0.2, 0.25) is 0 Å². The first-order valence-corrected chi connectivity index (χ1v) is 6.49. The minimum Gasteiger partial charge on any atom is -0.486 e. The van der Waals surface area contributed by atoms with Crippen LogP contribution >= 0.6 is 0 Å². The topological polar surface area (TPSA) is 62.6 Å². The van der Waals surface area contributed by atoms with Gasteiger partial charge < -0.3 is 14.4 Å². The van der Waals surface area contributed by atoms with Gasteiger partial charge in [0.2, 0.25) is 5.91 Å². The van der Waals surface area contributed by atoms with Crippen LogP contribution in [0, 0.1) is 11.3 Å². The zero-order valence-electron chi connectivity index (χ0n) is 12.0. The van der Waals surface area contributed by atoms with Crippen molar-refractivity contribution in [3.8, 4) is 17.6 Å². The van der Waals surface area contributed by atoms with E-state index >= 15 is 0 Å². The number of benzene rings is 1. The Hall–Kier alpha value is -2.22. The third kappa shape index (κ3) is 2.55. The Morgan fingerprint density at radius 3 is 2.65 bits per heavy atom. The molecule has 0 spiro atoms. The first kappa shape index (κ1) is 14.2. The number of fused-ring (bicyclic) bond motifs is 1. The van der Waals surface area contributed by atoms with E-state index in [2.05, 4.69) is 0 Å². The summed E-state index contributed by atoms with van der Waals surface area (Å²) in [5.74, 6) is 1.27. The second kappa shape index (κ2) is 5.41. The molecule has 0 bridgehead atoms. The smallest absolute Gasteiger partial charge is 0.233 e. The van der Waals surface area contributed by atoms with E-state index in [0.29, 0.717) is 24.7 Å². The van der Waals surface area contributed by atoms with E-state index in [1.165, 1.54) is 4.90 Å². The van der Waals surface area contributed by atoms with Gasteiger partial charge >= 0.3 is 0 Å². The molecule has 0 N–H and O–H groups in total. The van der Waals surface area contributed by atoms with Crippen LogP contribution in [-0.4, -0.2) is 37.6 Å². The molecule has 0 unspecified atom stereocenters. The van der Waals surface area contributed by atoms with Crippen molar-refractivity contribution in [2.24, 2.45) is 0 Å². The van der Waals surface area contributed by atoms with E-state index < -0.39 is 5.41 Å². The minimum absolute atomic E-state index is 0.0762. The molecule has 0 aromatic heterocycles. The molecular formula is C15H18N2O3. The summed E-state index contributed by atoms with van der Waals surface area (Å²) in [5.41, 5.74) is 0.123. The second-order valence-electron chi connectivity index (χ2n) is 5.30. The number of hydrogen-bond acceptors (Lipinski definition) is 4. The predicted octanol–water partition coefficient (Wildman–Crippen LogP) is 1.72. The number of rotatable bonds is 3. The van der Waals surface area contributed by atoms with Crippen molar-refractivity contribution in [3.05, 3.63) is 23.8 Å². The number of nitriles is 1. The van der Waals surface area contributed by atoms with Gasteiger partial charge in [-0.15, -0.1) is 0 Å². The zero-order chi connectivity index (χ0) is 14.8. The van der Waals surface area contributed by atoms with Gasteiger partial charge in [0.15, 0.2) is 11.5 Å². The Kier molecular flexibility index (Phi) is 3.84. The van der Waals surface area contributed by atoms with Gasteiger partial charge in [0.05, 0.1) is 11.5 Å². The number of amides is 1. The van der Waals surface area contributed by atoms with Gasteiger partial charge in [0, 0.05) is 7.05 Å². The fourth-order valence-corrected chi connectivity index (χ4v) is 2.21. The molecule has 5 nitrogen and oxygen atoms in total. The van der Waals surface area contributed by atoms with Gasteiger partial charge in [0.1, 0.15) is 19.8 Å². The van der Waals surface area contributed by atoms with Gasteiger partial charge in [-0.3, -0.25) is 4.79 Å². The number of carbonyl (C=O) groups excluding carboxylic acids is 1. The van der Waals surface area contributed by atoms with Crippen molar-refractivity contribution in [1.29, 1.82) is 5.26 Å². The Balaban J connectivity index is 2.29. The number of hydrogen-bond donors (Lipinski definition) is 0. The monoisotopic (exact) mass is 274 g/mol. The SMILES string of the molecule is CN(CC#N)C(=O)C(C)(C)c1ccc2c(c1)OCCO2. The highest BCUT2D eigenvalue weighted by atomic mass is 16.6. The molecule has 1 aliphatic heterocycles. The van der Waals surface area contributed by atoms with Crippen molar-refractivity contribution < 1.29 is 14.3 Å². The van der Waals surface area contributed by atoms with Crippen molar-refractivity contribution in [1.82, 2.24) is 4.90 Å². The van der Waals surface area contributed by atoms with Gasteiger partial charge in [0.25, 0.3) is 0 Å². The number of likely N-dealkylation sites (N-methyl/N-ethyl adjacent to an activating group) is 1. The van der Waals surface area contributed by atoms with Crippen LogP contribution in [0.4, 0.5) is 0 Å². The highest BCUT2D eigenvalue weighted by Crippen LogP contribution is 2.35. The zero-order valence-corrected chi connectivity index (χ0v) is 12.0. The summed E-state index contributed by atoms with van der Waals surface area (Å²) in [7, 11) is 1.63. The third-order valence-electron chi connectivity index (χ3n) is 3.45. The van der Waals surface area contributed by atoms with Gasteiger partial charge in [-0.05, 0) is 31.5 Å². The Morgan fingerprint density at radius 2 is 2.00 bits per heavy atom. The largest absolute Gasteiger partial charge is 0.486 e. The lowest BCUT2D eigenvalue weighted by Crippen LogP contribution is -2.41. The van der Waals surface area contributed by atoms with Gasteiger partial charge in [-0.2, -0.15) is 5.26 Å². The molecule has 106 valence electrons. The first-order valence-electron chi connectivity index (χ1n) is 6.49. The van der Waals surface area contributed by atoms with Gasteiger partial charge in [-0.25, -0.2) is 0 Å².